The topological polar surface area (TPSA) is 55.1 Å². The Hall–Kier alpha value is -1.68. The van der Waals surface area contributed by atoms with Crippen molar-refractivity contribution in [2.45, 2.75) is 20.4 Å². The van der Waals surface area contributed by atoms with E-state index in [2.05, 4.69) is 10.3 Å². The van der Waals surface area contributed by atoms with E-state index in [1.54, 1.807) is 6.92 Å². The van der Waals surface area contributed by atoms with Crippen LogP contribution in [0, 0.1) is 6.92 Å². The smallest absolute Gasteiger partial charge is 0.192 e. The molecule has 1 heterocycles. The van der Waals surface area contributed by atoms with Crippen LogP contribution in [0.25, 0.3) is 11.1 Å². The van der Waals surface area contributed by atoms with E-state index in [1.165, 1.54) is 0 Å². The van der Waals surface area contributed by atoms with Gasteiger partial charge >= 0.3 is 0 Å². The number of fused-ring (bicyclic) bond motifs is 1. The molecule has 0 aliphatic heterocycles. The highest BCUT2D eigenvalue weighted by atomic mass is 16.3. The maximum absolute atomic E-state index is 10.8. The molecule has 0 amide bonds. The molecule has 0 radical (unpaired) electrons. The maximum atomic E-state index is 10.8. The van der Waals surface area contributed by atoms with Crippen LogP contribution >= 0.6 is 0 Å². The molecule has 0 aliphatic carbocycles. The molecule has 1 N–H and O–H groups in total. The first-order chi connectivity index (χ1) is 7.65. The fraction of sp³-hybridized carbons (Fsp3) is 0.333. The van der Waals surface area contributed by atoms with E-state index in [-0.39, 0.29) is 5.78 Å². The minimum atomic E-state index is 0.137. The molecule has 4 heteroatoms. The van der Waals surface area contributed by atoms with E-state index in [0.29, 0.717) is 19.0 Å². The molecule has 0 unspecified atom stereocenters. The molecular weight excluding hydrogens is 204 g/mol. The van der Waals surface area contributed by atoms with Crippen LogP contribution in [0.3, 0.4) is 0 Å². The number of aryl methyl sites for hydroxylation is 1. The van der Waals surface area contributed by atoms with E-state index in [4.69, 9.17) is 4.42 Å². The fourth-order valence-electron chi connectivity index (χ4n) is 1.58. The highest BCUT2D eigenvalue weighted by Gasteiger charge is 2.03. The van der Waals surface area contributed by atoms with Crippen LogP contribution < -0.4 is 5.32 Å². The maximum Gasteiger partial charge on any atom is 0.192 e. The van der Waals surface area contributed by atoms with Crippen molar-refractivity contribution in [1.82, 2.24) is 10.3 Å². The zero-order valence-electron chi connectivity index (χ0n) is 9.41. The summed E-state index contributed by atoms with van der Waals surface area (Å²) in [4.78, 5) is 15.0. The summed E-state index contributed by atoms with van der Waals surface area (Å²) >= 11 is 0. The van der Waals surface area contributed by atoms with Gasteiger partial charge < -0.3 is 9.73 Å². The molecule has 1 aromatic carbocycles. The highest BCUT2D eigenvalue weighted by molar-refractivity contribution is 5.77. The largest absolute Gasteiger partial charge is 0.441 e. The Morgan fingerprint density at radius 3 is 3.06 bits per heavy atom. The van der Waals surface area contributed by atoms with Crippen LogP contribution in [-0.4, -0.2) is 17.3 Å². The normalized spacial score (nSPS) is 10.9. The van der Waals surface area contributed by atoms with Crippen molar-refractivity contribution < 1.29 is 9.21 Å². The molecule has 0 bridgehead atoms. The summed E-state index contributed by atoms with van der Waals surface area (Å²) in [7, 11) is 0. The van der Waals surface area contributed by atoms with E-state index >= 15 is 0 Å². The lowest BCUT2D eigenvalue weighted by molar-refractivity contribution is -0.116. The van der Waals surface area contributed by atoms with E-state index in [1.807, 2.05) is 25.1 Å². The van der Waals surface area contributed by atoms with Crippen LogP contribution in [0.4, 0.5) is 0 Å². The highest BCUT2D eigenvalue weighted by Crippen LogP contribution is 2.16. The van der Waals surface area contributed by atoms with Gasteiger partial charge in [-0.3, -0.25) is 4.79 Å². The second kappa shape index (κ2) is 4.45. The van der Waals surface area contributed by atoms with Gasteiger partial charge in [-0.15, -0.1) is 0 Å². The SMILES string of the molecule is CC(=O)CNCc1ccc2oc(C)nc2c1. The van der Waals surface area contributed by atoms with Crippen molar-refractivity contribution >= 4 is 16.9 Å². The van der Waals surface area contributed by atoms with Gasteiger partial charge in [-0.2, -0.15) is 0 Å². The van der Waals surface area contributed by atoms with Crippen LogP contribution in [0.5, 0.6) is 0 Å². The molecule has 2 rings (SSSR count). The lowest BCUT2D eigenvalue weighted by atomic mass is 10.2. The lowest BCUT2D eigenvalue weighted by Gasteiger charge is -2.01. The predicted octanol–water partition coefficient (Wildman–Crippen LogP) is 1.81. The number of Topliss-reactive ketones (excluding diaryl/α,β-unsaturated/α-hetero) is 1. The van der Waals surface area contributed by atoms with Gasteiger partial charge in [-0.1, -0.05) is 6.07 Å². The number of oxazole rings is 1. The molecule has 4 nitrogen and oxygen atoms in total. The number of carbonyl (C=O) groups excluding carboxylic acids is 1. The Morgan fingerprint density at radius 2 is 2.31 bits per heavy atom. The van der Waals surface area contributed by atoms with Gasteiger partial charge in [0.1, 0.15) is 11.3 Å². The number of carbonyl (C=O) groups is 1. The molecule has 1 aromatic heterocycles. The summed E-state index contributed by atoms with van der Waals surface area (Å²) < 4.78 is 5.38. The number of nitrogens with one attached hydrogen (secondary N) is 1. The van der Waals surface area contributed by atoms with Crippen molar-refractivity contribution in [3.63, 3.8) is 0 Å². The second-order valence-electron chi connectivity index (χ2n) is 3.84. The Balaban J connectivity index is 2.10. The third kappa shape index (κ3) is 2.46. The van der Waals surface area contributed by atoms with Crippen molar-refractivity contribution in [1.29, 1.82) is 0 Å². The molecule has 0 atom stereocenters. The monoisotopic (exact) mass is 218 g/mol. The second-order valence-corrected chi connectivity index (χ2v) is 3.84. The molecular formula is C12H14N2O2. The number of nitrogens with zero attached hydrogens (tertiary/aromatic N) is 1. The summed E-state index contributed by atoms with van der Waals surface area (Å²) in [5.74, 6) is 0.808. The quantitative estimate of drug-likeness (QED) is 0.850. The van der Waals surface area contributed by atoms with Crippen LogP contribution in [0.15, 0.2) is 22.6 Å². The Kier molecular flexibility index (Phi) is 3.01. The Morgan fingerprint density at radius 1 is 1.50 bits per heavy atom. The van der Waals surface area contributed by atoms with Gasteiger partial charge in [-0.25, -0.2) is 4.98 Å². The van der Waals surface area contributed by atoms with E-state index in [9.17, 15) is 4.79 Å². The van der Waals surface area contributed by atoms with E-state index in [0.717, 1.165) is 16.7 Å². The number of hydrogen-bond acceptors (Lipinski definition) is 4. The first-order valence-corrected chi connectivity index (χ1v) is 5.21. The summed E-state index contributed by atoms with van der Waals surface area (Å²) in [6.45, 7) is 4.46. The average Bonchev–Trinajstić information content (AvgIpc) is 2.56. The van der Waals surface area contributed by atoms with Crippen LogP contribution in [0.1, 0.15) is 18.4 Å². The zero-order valence-corrected chi connectivity index (χ0v) is 9.41. The number of rotatable bonds is 4. The third-order valence-electron chi connectivity index (χ3n) is 2.26. The van der Waals surface area contributed by atoms with Crippen LogP contribution in [0.2, 0.25) is 0 Å². The van der Waals surface area contributed by atoms with Crippen molar-refractivity contribution in [2.75, 3.05) is 6.54 Å². The summed E-state index contributed by atoms with van der Waals surface area (Å²) in [5.41, 5.74) is 2.76. The van der Waals surface area contributed by atoms with Crippen molar-refractivity contribution in [2.24, 2.45) is 0 Å². The molecule has 84 valence electrons. The molecule has 0 saturated carbocycles. The third-order valence-corrected chi connectivity index (χ3v) is 2.26. The molecule has 0 aliphatic rings. The number of benzene rings is 1. The number of aromatic nitrogens is 1. The van der Waals surface area contributed by atoms with Gasteiger partial charge in [0.15, 0.2) is 11.5 Å². The van der Waals surface area contributed by atoms with Gasteiger partial charge in [0.05, 0.1) is 6.54 Å². The van der Waals surface area contributed by atoms with Crippen molar-refractivity contribution in [3.8, 4) is 0 Å². The molecule has 0 saturated heterocycles. The first-order valence-electron chi connectivity index (χ1n) is 5.21. The number of ketones is 1. The van der Waals surface area contributed by atoms with Crippen LogP contribution in [-0.2, 0) is 11.3 Å². The van der Waals surface area contributed by atoms with E-state index < -0.39 is 0 Å². The van der Waals surface area contributed by atoms with Gasteiger partial charge in [0, 0.05) is 13.5 Å². The summed E-state index contributed by atoms with van der Waals surface area (Å²) in [6.07, 6.45) is 0. The Bertz CT molecular complexity index is 517. The minimum Gasteiger partial charge on any atom is -0.441 e. The molecule has 2 aromatic rings. The molecule has 0 spiro atoms. The van der Waals surface area contributed by atoms with Gasteiger partial charge in [-0.05, 0) is 24.6 Å². The molecule has 0 fully saturated rings. The zero-order chi connectivity index (χ0) is 11.5. The standard InChI is InChI=1S/C12H14N2O2/c1-8(15)6-13-7-10-3-4-12-11(5-10)14-9(2)16-12/h3-5,13H,6-7H2,1-2H3. The first kappa shape index (κ1) is 10.8. The van der Waals surface area contributed by atoms with Gasteiger partial charge in [0.2, 0.25) is 0 Å². The Labute approximate surface area is 93.7 Å². The molecule has 16 heavy (non-hydrogen) atoms. The van der Waals surface area contributed by atoms with Gasteiger partial charge in [0.25, 0.3) is 0 Å². The summed E-state index contributed by atoms with van der Waals surface area (Å²) in [5, 5.41) is 3.06. The van der Waals surface area contributed by atoms with Crippen molar-refractivity contribution in [3.05, 3.63) is 29.7 Å². The summed E-state index contributed by atoms with van der Waals surface area (Å²) in [6, 6.07) is 5.85. The number of hydrogen-bond donors (Lipinski definition) is 1. The minimum absolute atomic E-state index is 0.137. The fourth-order valence-corrected chi connectivity index (χ4v) is 1.58. The lowest BCUT2D eigenvalue weighted by Crippen LogP contribution is -2.20. The average molecular weight is 218 g/mol. The predicted molar refractivity (Wildman–Crippen MR) is 61.1 cm³/mol.